The van der Waals surface area contributed by atoms with Crippen LogP contribution in [0.15, 0.2) is 41.3 Å². The van der Waals surface area contributed by atoms with Crippen molar-refractivity contribution in [1.29, 1.82) is 0 Å². The van der Waals surface area contributed by atoms with Gasteiger partial charge >= 0.3 is 0 Å². The predicted octanol–water partition coefficient (Wildman–Crippen LogP) is 3.63. The monoisotopic (exact) mass is 525 g/mol. The van der Waals surface area contributed by atoms with E-state index in [0.717, 1.165) is 11.3 Å². The average Bonchev–Trinajstić information content (AvgIpc) is 3.18. The second kappa shape index (κ2) is 9.37. The number of methoxy groups -OCH3 is 2. The quantitative estimate of drug-likeness (QED) is 0.356. The molecule has 0 N–H and O–H groups in total. The van der Waals surface area contributed by atoms with Gasteiger partial charge in [-0.1, -0.05) is 11.6 Å². The number of thiophene rings is 1. The van der Waals surface area contributed by atoms with Crippen LogP contribution in [0.4, 0.5) is 5.69 Å². The summed E-state index contributed by atoms with van der Waals surface area (Å²) >= 11 is 7.49. The van der Waals surface area contributed by atoms with Crippen LogP contribution in [0.5, 0.6) is 11.5 Å². The van der Waals surface area contributed by atoms with Crippen molar-refractivity contribution in [3.63, 3.8) is 0 Å². The van der Waals surface area contributed by atoms with E-state index in [1.54, 1.807) is 0 Å². The predicted molar refractivity (Wildman–Crippen MR) is 128 cm³/mol. The minimum absolute atomic E-state index is 0.0686. The molecule has 0 atom stereocenters. The highest BCUT2D eigenvalue weighted by molar-refractivity contribution is 7.89. The summed E-state index contributed by atoms with van der Waals surface area (Å²) in [7, 11) is -0.911. The molecule has 0 unspecified atom stereocenters. The Balaban J connectivity index is 1.51. The fourth-order valence-electron chi connectivity index (χ4n) is 3.71. The number of rotatable bonds is 6. The molecular formula is C21H20ClN3O7S2. The van der Waals surface area contributed by atoms with Crippen molar-refractivity contribution < 1.29 is 27.6 Å². The lowest BCUT2D eigenvalue weighted by molar-refractivity contribution is -0.384. The summed E-state index contributed by atoms with van der Waals surface area (Å²) in [5, 5.41) is 11.8. The van der Waals surface area contributed by atoms with Gasteiger partial charge in [0.1, 0.15) is 4.88 Å². The van der Waals surface area contributed by atoms with E-state index >= 15 is 0 Å². The smallest absolute Gasteiger partial charge is 0.270 e. The highest BCUT2D eigenvalue weighted by atomic mass is 35.5. The highest BCUT2D eigenvalue weighted by Crippen LogP contribution is 2.38. The van der Waals surface area contributed by atoms with E-state index in [1.807, 2.05) is 0 Å². The zero-order valence-corrected chi connectivity index (χ0v) is 20.6. The van der Waals surface area contributed by atoms with Crippen LogP contribution in [-0.4, -0.2) is 68.9 Å². The minimum atomic E-state index is -3.80. The average molecular weight is 526 g/mol. The molecule has 1 fully saturated rings. The van der Waals surface area contributed by atoms with E-state index in [2.05, 4.69) is 0 Å². The number of sulfonamides is 1. The van der Waals surface area contributed by atoms with E-state index in [9.17, 15) is 23.3 Å². The van der Waals surface area contributed by atoms with Crippen LogP contribution in [0.3, 0.4) is 0 Å². The van der Waals surface area contributed by atoms with Crippen LogP contribution in [-0.2, 0) is 10.0 Å². The van der Waals surface area contributed by atoms with Crippen molar-refractivity contribution in [1.82, 2.24) is 9.21 Å². The van der Waals surface area contributed by atoms with Gasteiger partial charge in [-0.25, -0.2) is 8.42 Å². The van der Waals surface area contributed by atoms with Gasteiger partial charge in [0.2, 0.25) is 10.0 Å². The second-order valence-electron chi connectivity index (χ2n) is 7.40. The molecule has 2 heterocycles. The number of hydrogen-bond acceptors (Lipinski definition) is 8. The third-order valence-corrected chi connectivity index (χ3v) is 9.08. The number of benzene rings is 2. The zero-order chi connectivity index (χ0) is 24.6. The van der Waals surface area contributed by atoms with Crippen molar-refractivity contribution >= 4 is 54.6 Å². The molecule has 1 aliphatic rings. The van der Waals surface area contributed by atoms with E-state index in [1.165, 1.54) is 59.8 Å². The third-order valence-electron chi connectivity index (χ3n) is 5.54. The number of amides is 1. The van der Waals surface area contributed by atoms with E-state index < -0.39 is 14.9 Å². The molecule has 10 nitrogen and oxygen atoms in total. The first kappa shape index (κ1) is 24.2. The molecule has 0 spiro atoms. The maximum Gasteiger partial charge on any atom is 0.270 e. The van der Waals surface area contributed by atoms with Crippen molar-refractivity contribution in [2.24, 2.45) is 0 Å². The Hall–Kier alpha value is -2.93. The number of nitro groups is 1. The molecule has 2 aromatic carbocycles. The Bertz CT molecular complexity index is 1380. The first-order valence-electron chi connectivity index (χ1n) is 10.0. The maximum absolute atomic E-state index is 13.1. The van der Waals surface area contributed by atoms with Crippen LogP contribution >= 0.6 is 22.9 Å². The van der Waals surface area contributed by atoms with E-state index in [4.69, 9.17) is 21.1 Å². The zero-order valence-electron chi connectivity index (χ0n) is 18.2. The van der Waals surface area contributed by atoms with Crippen LogP contribution in [0.1, 0.15) is 9.67 Å². The SMILES string of the molecule is COc1ccc(S(=O)(=O)N2CCN(C(=O)c3sc4cc([N+](=O)[O-])ccc4c3Cl)CC2)cc1OC. The fourth-order valence-corrected chi connectivity index (χ4v) is 6.66. The van der Waals surface area contributed by atoms with Gasteiger partial charge < -0.3 is 14.4 Å². The first-order chi connectivity index (χ1) is 16.2. The lowest BCUT2D eigenvalue weighted by Gasteiger charge is -2.34. The van der Waals surface area contributed by atoms with Gasteiger partial charge in [0.25, 0.3) is 11.6 Å². The molecular weight excluding hydrogens is 506 g/mol. The summed E-state index contributed by atoms with van der Waals surface area (Å²) in [5.74, 6) is 0.386. The van der Waals surface area contributed by atoms with Crippen molar-refractivity contribution in [2.45, 2.75) is 4.90 Å². The van der Waals surface area contributed by atoms with Gasteiger partial charge in [0, 0.05) is 54.5 Å². The Labute approximate surface area is 204 Å². The Kier molecular flexibility index (Phi) is 6.67. The normalized spacial score (nSPS) is 14.9. The molecule has 0 saturated carbocycles. The summed E-state index contributed by atoms with van der Waals surface area (Å²) in [4.78, 5) is 25.5. The summed E-state index contributed by atoms with van der Waals surface area (Å²) in [6.45, 7) is 0.568. The lowest BCUT2D eigenvalue weighted by atomic mass is 10.2. The van der Waals surface area contributed by atoms with Crippen molar-refractivity contribution in [3.8, 4) is 11.5 Å². The van der Waals surface area contributed by atoms with Crippen molar-refractivity contribution in [2.75, 3.05) is 40.4 Å². The number of nitrogens with zero attached hydrogens (tertiary/aromatic N) is 3. The number of non-ortho nitro benzene ring substituents is 1. The lowest BCUT2D eigenvalue weighted by Crippen LogP contribution is -2.50. The standard InChI is InChI=1S/C21H20ClN3O7S2/c1-31-16-6-4-14(12-17(16)32-2)34(29,30)24-9-7-23(8-10-24)21(26)20-19(22)15-5-3-13(25(27)28)11-18(15)33-20/h3-6,11-12H,7-10H2,1-2H3. The van der Waals surface area contributed by atoms with Gasteiger partial charge in [0.05, 0.1) is 29.1 Å². The summed E-state index contributed by atoms with van der Waals surface area (Å²) < 4.78 is 38.4. The highest BCUT2D eigenvalue weighted by Gasteiger charge is 2.32. The third kappa shape index (κ3) is 4.29. The van der Waals surface area contributed by atoms with Crippen molar-refractivity contribution in [3.05, 3.63) is 56.4 Å². The molecule has 1 saturated heterocycles. The number of carbonyl (C=O) groups is 1. The van der Waals surface area contributed by atoms with Gasteiger partial charge in [-0.15, -0.1) is 11.3 Å². The molecule has 13 heteroatoms. The summed E-state index contributed by atoms with van der Waals surface area (Å²) in [5.41, 5.74) is -0.0848. The fraction of sp³-hybridized carbons (Fsp3) is 0.286. The molecule has 1 amide bonds. The number of halogens is 1. The van der Waals surface area contributed by atoms with Crippen LogP contribution in [0.2, 0.25) is 5.02 Å². The van der Waals surface area contributed by atoms with E-state index in [-0.39, 0.29) is 52.6 Å². The van der Waals surface area contributed by atoms with E-state index in [0.29, 0.717) is 21.6 Å². The molecule has 4 rings (SSSR count). The number of hydrogen-bond donors (Lipinski definition) is 0. The molecule has 3 aromatic rings. The number of ether oxygens (including phenoxy) is 2. The molecule has 0 bridgehead atoms. The van der Waals surface area contributed by atoms with Gasteiger partial charge in [-0.2, -0.15) is 4.31 Å². The number of piperazine rings is 1. The Morgan fingerprint density at radius 3 is 2.35 bits per heavy atom. The van der Waals surface area contributed by atoms with Gasteiger partial charge in [-0.3, -0.25) is 14.9 Å². The van der Waals surface area contributed by atoms with Gasteiger partial charge in [-0.05, 0) is 18.2 Å². The minimum Gasteiger partial charge on any atom is -0.493 e. The molecule has 0 radical (unpaired) electrons. The van der Waals surface area contributed by atoms with Gasteiger partial charge in [0.15, 0.2) is 11.5 Å². The Morgan fingerprint density at radius 1 is 1.06 bits per heavy atom. The molecule has 34 heavy (non-hydrogen) atoms. The summed E-state index contributed by atoms with van der Waals surface area (Å²) in [6.07, 6.45) is 0. The molecule has 0 aliphatic carbocycles. The topological polar surface area (TPSA) is 119 Å². The molecule has 1 aliphatic heterocycles. The largest absolute Gasteiger partial charge is 0.493 e. The maximum atomic E-state index is 13.1. The molecule has 180 valence electrons. The van der Waals surface area contributed by atoms with Crippen LogP contribution in [0, 0.1) is 10.1 Å². The molecule has 1 aromatic heterocycles. The number of carbonyl (C=O) groups excluding carboxylic acids is 1. The first-order valence-corrected chi connectivity index (χ1v) is 12.7. The number of fused-ring (bicyclic) bond motifs is 1. The van der Waals surface area contributed by atoms with Crippen LogP contribution < -0.4 is 9.47 Å². The summed E-state index contributed by atoms with van der Waals surface area (Å²) in [6, 6.07) is 8.63. The number of nitro benzene ring substituents is 1. The second-order valence-corrected chi connectivity index (χ2v) is 10.8. The Morgan fingerprint density at radius 2 is 1.74 bits per heavy atom. The van der Waals surface area contributed by atoms with Crippen LogP contribution in [0.25, 0.3) is 10.1 Å².